The van der Waals surface area contributed by atoms with E-state index in [-0.39, 0.29) is 17.2 Å². The molecule has 4 nitrogen and oxygen atoms in total. The number of para-hydroxylation sites is 1. The molecule has 4 aliphatic carbocycles. The number of alkyl halides is 3. The summed E-state index contributed by atoms with van der Waals surface area (Å²) in [6, 6.07) is 12.4. The molecular weight excluding hydrogens is 469 g/mol. The highest BCUT2D eigenvalue weighted by Crippen LogP contribution is 2.71. The van der Waals surface area contributed by atoms with Gasteiger partial charge in [-0.15, -0.1) is 13.2 Å². The quantitative estimate of drug-likeness (QED) is 0.238. The molecule has 0 aromatic heterocycles. The normalized spacial score (nSPS) is 34.2. The molecule has 0 N–H and O–H groups in total. The molecule has 2 aromatic rings. The van der Waals surface area contributed by atoms with E-state index in [0.717, 1.165) is 30.7 Å². The van der Waals surface area contributed by atoms with Crippen LogP contribution in [0, 0.1) is 41.4 Å². The maximum absolute atomic E-state index is 13.3. The Balaban J connectivity index is 1.33. The summed E-state index contributed by atoms with van der Waals surface area (Å²) < 4.78 is 56.3. The largest absolute Gasteiger partial charge is 0.573 e. The zero-order chi connectivity index (χ0) is 25.2. The molecule has 7 heteroatoms. The van der Waals surface area contributed by atoms with Crippen molar-refractivity contribution in [1.82, 2.24) is 0 Å². The van der Waals surface area contributed by atoms with E-state index in [2.05, 4.69) is 18.6 Å². The first-order valence-corrected chi connectivity index (χ1v) is 13.0. The number of benzene rings is 2. The van der Waals surface area contributed by atoms with Crippen LogP contribution in [0.1, 0.15) is 56.3 Å². The molecule has 4 aliphatic rings. The molecule has 4 fully saturated rings. The third-order valence-electron chi connectivity index (χ3n) is 9.46. The molecule has 0 amide bonds. The van der Waals surface area contributed by atoms with Crippen LogP contribution in [0.25, 0.3) is 0 Å². The molecule has 0 saturated heterocycles. The van der Waals surface area contributed by atoms with Gasteiger partial charge in [0.2, 0.25) is 0 Å². The highest BCUT2D eigenvalue weighted by atomic mass is 19.4. The monoisotopic (exact) mass is 500 g/mol. The van der Waals surface area contributed by atoms with Gasteiger partial charge in [-0.05, 0) is 97.9 Å². The van der Waals surface area contributed by atoms with Crippen molar-refractivity contribution in [3.8, 4) is 17.2 Å². The van der Waals surface area contributed by atoms with Gasteiger partial charge in [0.25, 0.3) is 0 Å². The van der Waals surface area contributed by atoms with E-state index in [1.807, 2.05) is 0 Å². The molecule has 0 spiro atoms. The number of carbonyl (C=O) groups is 1. The number of hydrogen-bond acceptors (Lipinski definition) is 4. The molecule has 2 aromatic carbocycles. The van der Waals surface area contributed by atoms with E-state index in [9.17, 15) is 18.0 Å². The van der Waals surface area contributed by atoms with Crippen LogP contribution in [-0.2, 0) is 0 Å². The molecule has 7 atom stereocenters. The molecule has 4 saturated carbocycles. The van der Waals surface area contributed by atoms with Gasteiger partial charge in [0.1, 0.15) is 11.4 Å². The third-order valence-corrected chi connectivity index (χ3v) is 9.46. The summed E-state index contributed by atoms with van der Waals surface area (Å²) in [5.74, 6) is 3.02. The number of rotatable bonds is 6. The Morgan fingerprint density at radius 3 is 2.36 bits per heavy atom. The van der Waals surface area contributed by atoms with Gasteiger partial charge in [0, 0.05) is 5.92 Å². The molecule has 36 heavy (non-hydrogen) atoms. The van der Waals surface area contributed by atoms with Crippen LogP contribution in [0.15, 0.2) is 48.5 Å². The molecule has 7 unspecified atom stereocenters. The molecule has 4 bridgehead atoms. The second kappa shape index (κ2) is 8.42. The minimum Gasteiger partial charge on any atom is -0.483 e. The topological polar surface area (TPSA) is 44.8 Å². The van der Waals surface area contributed by atoms with Crippen LogP contribution in [-0.4, -0.2) is 17.9 Å². The van der Waals surface area contributed by atoms with Crippen molar-refractivity contribution in [3.63, 3.8) is 0 Å². The first-order chi connectivity index (χ1) is 17.1. The molecule has 0 heterocycles. The Kier molecular flexibility index (Phi) is 5.54. The lowest BCUT2D eigenvalue weighted by Crippen LogP contribution is -2.52. The Morgan fingerprint density at radius 2 is 1.67 bits per heavy atom. The van der Waals surface area contributed by atoms with Gasteiger partial charge in [-0.2, -0.15) is 0 Å². The van der Waals surface area contributed by atoms with Crippen LogP contribution in [0.3, 0.4) is 0 Å². The molecule has 192 valence electrons. The Bertz CT molecular complexity index is 1150. The van der Waals surface area contributed by atoms with Crippen LogP contribution in [0.2, 0.25) is 0 Å². The van der Waals surface area contributed by atoms with Crippen LogP contribution >= 0.6 is 0 Å². The van der Waals surface area contributed by atoms with Gasteiger partial charge >= 0.3 is 12.3 Å². The fourth-order valence-corrected chi connectivity index (χ4v) is 8.30. The van der Waals surface area contributed by atoms with Crippen LogP contribution in [0.5, 0.6) is 17.2 Å². The maximum Gasteiger partial charge on any atom is 0.573 e. The molecule has 6 rings (SSSR count). The van der Waals surface area contributed by atoms with Crippen molar-refractivity contribution in [2.24, 2.45) is 41.4 Å². The second-order valence-corrected chi connectivity index (χ2v) is 11.4. The SMILES string of the molecule is CC(C)C1(Oc2cc(C(=O)Oc3ccccc3)ccc2OC(F)(F)F)CC2CC1C1C3CCC(C3)C21. The fourth-order valence-electron chi connectivity index (χ4n) is 8.30. The number of esters is 1. The van der Waals surface area contributed by atoms with Crippen molar-refractivity contribution in [2.75, 3.05) is 0 Å². The average Bonchev–Trinajstić information content (AvgIpc) is 3.59. The lowest BCUT2D eigenvalue weighted by Gasteiger charge is -2.48. The summed E-state index contributed by atoms with van der Waals surface area (Å²) in [5.41, 5.74) is -0.467. The van der Waals surface area contributed by atoms with Crippen molar-refractivity contribution in [2.45, 2.75) is 57.9 Å². The summed E-state index contributed by atoms with van der Waals surface area (Å²) in [6.07, 6.45) is 0.904. The van der Waals surface area contributed by atoms with Gasteiger partial charge in [-0.3, -0.25) is 0 Å². The van der Waals surface area contributed by atoms with Gasteiger partial charge < -0.3 is 14.2 Å². The summed E-state index contributed by atoms with van der Waals surface area (Å²) in [4.78, 5) is 12.8. The van der Waals surface area contributed by atoms with E-state index < -0.39 is 23.7 Å². The van der Waals surface area contributed by atoms with Crippen molar-refractivity contribution < 1.29 is 32.2 Å². The lowest BCUT2D eigenvalue weighted by atomic mass is 9.63. The zero-order valence-corrected chi connectivity index (χ0v) is 20.5. The van der Waals surface area contributed by atoms with Crippen molar-refractivity contribution in [1.29, 1.82) is 0 Å². The zero-order valence-electron chi connectivity index (χ0n) is 20.5. The van der Waals surface area contributed by atoms with E-state index >= 15 is 0 Å². The van der Waals surface area contributed by atoms with E-state index in [1.54, 1.807) is 30.3 Å². The van der Waals surface area contributed by atoms with Gasteiger partial charge in [0.05, 0.1) is 5.56 Å². The first kappa shape index (κ1) is 23.7. The van der Waals surface area contributed by atoms with Crippen LogP contribution < -0.4 is 14.2 Å². The number of carbonyl (C=O) groups excluding carboxylic acids is 1. The van der Waals surface area contributed by atoms with E-state index in [4.69, 9.17) is 9.47 Å². The fraction of sp³-hybridized carbons (Fsp3) is 0.552. The van der Waals surface area contributed by atoms with Crippen molar-refractivity contribution >= 4 is 5.97 Å². The summed E-state index contributed by atoms with van der Waals surface area (Å²) >= 11 is 0. The minimum atomic E-state index is -4.88. The van der Waals surface area contributed by atoms with Gasteiger partial charge in [-0.1, -0.05) is 32.0 Å². The number of ether oxygens (including phenoxy) is 3. The highest BCUT2D eigenvalue weighted by Gasteiger charge is 2.68. The van der Waals surface area contributed by atoms with Crippen LogP contribution in [0.4, 0.5) is 13.2 Å². The molecule has 0 radical (unpaired) electrons. The maximum atomic E-state index is 13.3. The average molecular weight is 501 g/mol. The number of halogens is 3. The second-order valence-electron chi connectivity index (χ2n) is 11.4. The standard InChI is InChI=1S/C29H31F3O4/c1-16(2)28(15-20-13-22(28)26-18-9-8-17(12-18)25(20)26)35-24-14-19(10-11-23(24)36-29(30,31)32)27(33)34-21-6-4-3-5-7-21/h3-7,10-11,14,16-18,20,22,25-26H,8-9,12-13,15H2,1-2H3. The van der Waals surface area contributed by atoms with E-state index in [1.165, 1.54) is 31.4 Å². The minimum absolute atomic E-state index is 0.0456. The number of hydrogen-bond donors (Lipinski definition) is 0. The lowest BCUT2D eigenvalue weighted by molar-refractivity contribution is -0.275. The Hall–Kier alpha value is -2.70. The predicted octanol–water partition coefficient (Wildman–Crippen LogP) is 7.28. The summed E-state index contributed by atoms with van der Waals surface area (Å²) in [5, 5.41) is 0. The van der Waals surface area contributed by atoms with E-state index in [0.29, 0.717) is 29.4 Å². The number of fused-ring (bicyclic) bond motifs is 9. The Morgan fingerprint density at radius 1 is 0.944 bits per heavy atom. The smallest absolute Gasteiger partial charge is 0.483 e. The predicted molar refractivity (Wildman–Crippen MR) is 127 cm³/mol. The Labute approximate surface area is 209 Å². The van der Waals surface area contributed by atoms with Gasteiger partial charge in [0.15, 0.2) is 11.5 Å². The van der Waals surface area contributed by atoms with Gasteiger partial charge in [-0.25, -0.2) is 4.79 Å². The first-order valence-electron chi connectivity index (χ1n) is 13.0. The summed E-state index contributed by atoms with van der Waals surface area (Å²) in [6.45, 7) is 4.20. The summed E-state index contributed by atoms with van der Waals surface area (Å²) in [7, 11) is 0. The molecular formula is C29H31F3O4. The molecule has 0 aliphatic heterocycles. The highest BCUT2D eigenvalue weighted by molar-refractivity contribution is 5.91. The van der Waals surface area contributed by atoms with Crippen molar-refractivity contribution in [3.05, 3.63) is 54.1 Å². The third kappa shape index (κ3) is 3.86.